The highest BCUT2D eigenvalue weighted by Crippen LogP contribution is 2.33. The van der Waals surface area contributed by atoms with Crippen LogP contribution >= 0.6 is 23.4 Å². The molecule has 0 bridgehead atoms. The zero-order valence-corrected chi connectivity index (χ0v) is 15.8. The van der Waals surface area contributed by atoms with Gasteiger partial charge in [0.1, 0.15) is 5.82 Å². The van der Waals surface area contributed by atoms with Gasteiger partial charge in [-0.1, -0.05) is 29.4 Å². The Labute approximate surface area is 164 Å². The molecule has 0 fully saturated rings. The number of carbonyl (C=O) groups is 1. The van der Waals surface area contributed by atoms with Crippen molar-refractivity contribution in [3.05, 3.63) is 87.1 Å². The number of aryl methyl sites for hydroxylation is 1. The summed E-state index contributed by atoms with van der Waals surface area (Å²) in [6.07, 6.45) is 0. The summed E-state index contributed by atoms with van der Waals surface area (Å²) < 4.78 is 0. The Hall–Kier alpha value is -2.90. The average molecular weight is 400 g/mol. The van der Waals surface area contributed by atoms with Gasteiger partial charge in [-0.25, -0.2) is 4.98 Å². The molecule has 1 heterocycles. The molecule has 0 aliphatic rings. The lowest BCUT2D eigenvalue weighted by molar-refractivity contribution is -0.384. The Morgan fingerprint density at radius 2 is 1.89 bits per heavy atom. The Morgan fingerprint density at radius 1 is 1.15 bits per heavy atom. The van der Waals surface area contributed by atoms with E-state index in [1.54, 1.807) is 30.3 Å². The van der Waals surface area contributed by atoms with Crippen LogP contribution in [0.1, 0.15) is 16.1 Å². The van der Waals surface area contributed by atoms with Crippen LogP contribution in [0.25, 0.3) is 0 Å². The summed E-state index contributed by atoms with van der Waals surface area (Å²) >= 11 is 7.22. The van der Waals surface area contributed by atoms with Crippen LogP contribution in [0, 0.1) is 17.0 Å². The summed E-state index contributed by atoms with van der Waals surface area (Å²) in [4.78, 5) is 29.0. The fraction of sp³-hybridized carbons (Fsp3) is 0.0526. The minimum atomic E-state index is -0.529. The molecule has 0 radical (unpaired) electrons. The first-order valence-corrected chi connectivity index (χ1v) is 9.09. The van der Waals surface area contributed by atoms with Crippen molar-refractivity contribution < 1.29 is 9.72 Å². The quantitative estimate of drug-likeness (QED) is 0.461. The molecule has 0 aliphatic carbocycles. The first-order chi connectivity index (χ1) is 12.9. The number of pyridine rings is 1. The van der Waals surface area contributed by atoms with Gasteiger partial charge >= 0.3 is 0 Å². The van der Waals surface area contributed by atoms with Crippen LogP contribution in [-0.4, -0.2) is 15.8 Å². The largest absolute Gasteiger partial charge is 0.307 e. The molecule has 1 aromatic heterocycles. The van der Waals surface area contributed by atoms with Gasteiger partial charge in [-0.2, -0.15) is 0 Å². The highest BCUT2D eigenvalue weighted by molar-refractivity contribution is 7.99. The molecular weight excluding hydrogens is 386 g/mol. The predicted octanol–water partition coefficient (Wildman–Crippen LogP) is 5.36. The number of nitro benzene ring substituents is 1. The van der Waals surface area contributed by atoms with Crippen molar-refractivity contribution in [2.45, 2.75) is 16.7 Å². The van der Waals surface area contributed by atoms with E-state index >= 15 is 0 Å². The molecule has 0 saturated heterocycles. The number of nitrogens with zero attached hydrogens (tertiary/aromatic N) is 2. The van der Waals surface area contributed by atoms with Crippen LogP contribution in [0.2, 0.25) is 5.02 Å². The maximum Gasteiger partial charge on any atom is 0.270 e. The van der Waals surface area contributed by atoms with Crippen LogP contribution in [0.3, 0.4) is 0 Å². The number of carbonyl (C=O) groups excluding carboxylic acids is 1. The maximum absolute atomic E-state index is 12.8. The maximum atomic E-state index is 12.8. The number of aromatic nitrogens is 1. The average Bonchev–Trinajstić information content (AvgIpc) is 2.63. The van der Waals surface area contributed by atoms with Crippen molar-refractivity contribution in [1.29, 1.82) is 0 Å². The second kappa shape index (κ2) is 8.20. The fourth-order valence-electron chi connectivity index (χ4n) is 2.32. The van der Waals surface area contributed by atoms with Gasteiger partial charge in [-0.3, -0.25) is 14.9 Å². The monoisotopic (exact) mass is 399 g/mol. The molecule has 1 amide bonds. The summed E-state index contributed by atoms with van der Waals surface area (Å²) in [7, 11) is 0. The molecule has 8 heteroatoms. The first kappa shape index (κ1) is 18.9. The standard InChI is InChI=1S/C19H14ClN3O3S/c1-12-3-2-4-18(21-12)22-19(24)16-11-14(23(25)26)7-10-17(16)27-15-8-5-13(20)6-9-15/h2-11H,1H3,(H,21,22,24). The molecular formula is C19H14ClN3O3S. The molecule has 0 spiro atoms. The van der Waals surface area contributed by atoms with E-state index in [-0.39, 0.29) is 11.3 Å². The summed E-state index contributed by atoms with van der Waals surface area (Å²) in [6, 6.07) is 16.6. The van der Waals surface area contributed by atoms with E-state index in [1.165, 1.54) is 23.9 Å². The Morgan fingerprint density at radius 3 is 2.56 bits per heavy atom. The topological polar surface area (TPSA) is 85.1 Å². The normalized spacial score (nSPS) is 10.4. The molecule has 0 aliphatic heterocycles. The summed E-state index contributed by atoms with van der Waals surface area (Å²) in [5, 5.41) is 14.4. The van der Waals surface area contributed by atoms with Crippen LogP contribution in [-0.2, 0) is 0 Å². The highest BCUT2D eigenvalue weighted by atomic mass is 35.5. The van der Waals surface area contributed by atoms with Gasteiger partial charge in [0.05, 0.1) is 10.5 Å². The van der Waals surface area contributed by atoms with Gasteiger partial charge in [0, 0.05) is 32.6 Å². The van der Waals surface area contributed by atoms with Gasteiger partial charge in [0.2, 0.25) is 0 Å². The minimum Gasteiger partial charge on any atom is -0.307 e. The lowest BCUT2D eigenvalue weighted by Gasteiger charge is -2.10. The smallest absolute Gasteiger partial charge is 0.270 e. The van der Waals surface area contributed by atoms with E-state index in [1.807, 2.05) is 25.1 Å². The number of nitro groups is 1. The lowest BCUT2D eigenvalue weighted by Crippen LogP contribution is -2.14. The van der Waals surface area contributed by atoms with Crippen LogP contribution < -0.4 is 5.32 Å². The Kier molecular flexibility index (Phi) is 5.73. The van der Waals surface area contributed by atoms with Crippen molar-refractivity contribution in [3.63, 3.8) is 0 Å². The lowest BCUT2D eigenvalue weighted by atomic mass is 10.2. The Bertz CT molecular complexity index is 1010. The van der Waals surface area contributed by atoms with Crippen LogP contribution in [0.5, 0.6) is 0 Å². The van der Waals surface area contributed by atoms with E-state index in [4.69, 9.17) is 11.6 Å². The van der Waals surface area contributed by atoms with E-state index < -0.39 is 10.8 Å². The van der Waals surface area contributed by atoms with E-state index in [9.17, 15) is 14.9 Å². The number of amides is 1. The zero-order valence-electron chi connectivity index (χ0n) is 14.2. The van der Waals surface area contributed by atoms with Crippen molar-refractivity contribution in [3.8, 4) is 0 Å². The first-order valence-electron chi connectivity index (χ1n) is 7.89. The third-order valence-corrected chi connectivity index (χ3v) is 4.93. The number of anilines is 1. The van der Waals surface area contributed by atoms with Crippen molar-refractivity contribution >= 4 is 40.8 Å². The van der Waals surface area contributed by atoms with Gasteiger partial charge in [-0.15, -0.1) is 0 Å². The summed E-state index contributed by atoms with van der Waals surface area (Å²) in [5.41, 5.74) is 0.799. The van der Waals surface area contributed by atoms with Gasteiger partial charge < -0.3 is 5.32 Å². The van der Waals surface area contributed by atoms with E-state index in [0.29, 0.717) is 15.7 Å². The molecule has 27 heavy (non-hydrogen) atoms. The molecule has 0 atom stereocenters. The summed E-state index contributed by atoms with van der Waals surface area (Å²) in [5.74, 6) is -0.0813. The van der Waals surface area contributed by atoms with E-state index in [0.717, 1.165) is 10.6 Å². The molecule has 0 unspecified atom stereocenters. The Balaban J connectivity index is 1.94. The van der Waals surface area contributed by atoms with E-state index in [2.05, 4.69) is 10.3 Å². The van der Waals surface area contributed by atoms with Crippen molar-refractivity contribution in [2.24, 2.45) is 0 Å². The van der Waals surface area contributed by atoms with Crippen molar-refractivity contribution in [1.82, 2.24) is 4.98 Å². The highest BCUT2D eigenvalue weighted by Gasteiger charge is 2.18. The molecule has 0 saturated carbocycles. The number of hydrogen-bond acceptors (Lipinski definition) is 5. The molecule has 3 rings (SSSR count). The predicted molar refractivity (Wildman–Crippen MR) is 106 cm³/mol. The third-order valence-electron chi connectivity index (χ3n) is 3.59. The number of benzene rings is 2. The number of halogens is 1. The van der Waals surface area contributed by atoms with Crippen LogP contribution in [0.4, 0.5) is 11.5 Å². The third kappa shape index (κ3) is 4.84. The summed E-state index contributed by atoms with van der Waals surface area (Å²) in [6.45, 7) is 1.81. The number of hydrogen-bond donors (Lipinski definition) is 1. The second-order valence-corrected chi connectivity index (χ2v) is 7.16. The number of nitrogens with one attached hydrogen (secondary N) is 1. The second-order valence-electron chi connectivity index (χ2n) is 5.61. The molecule has 6 nitrogen and oxygen atoms in total. The SMILES string of the molecule is Cc1cccc(NC(=O)c2cc([N+](=O)[O-])ccc2Sc2ccc(Cl)cc2)n1. The molecule has 2 aromatic carbocycles. The fourth-order valence-corrected chi connectivity index (χ4v) is 3.37. The van der Waals surface area contributed by atoms with Gasteiger partial charge in [0.25, 0.3) is 11.6 Å². The molecule has 3 aromatic rings. The van der Waals surface area contributed by atoms with Crippen LogP contribution in [0.15, 0.2) is 70.5 Å². The number of non-ortho nitro benzene ring substituents is 1. The van der Waals surface area contributed by atoms with Crippen molar-refractivity contribution in [2.75, 3.05) is 5.32 Å². The zero-order chi connectivity index (χ0) is 19.4. The van der Waals surface area contributed by atoms with Gasteiger partial charge in [0.15, 0.2) is 0 Å². The molecule has 136 valence electrons. The molecule has 1 N–H and O–H groups in total. The number of rotatable bonds is 5. The minimum absolute atomic E-state index is 0.155. The van der Waals surface area contributed by atoms with Gasteiger partial charge in [-0.05, 0) is 49.4 Å².